The summed E-state index contributed by atoms with van der Waals surface area (Å²) in [6.07, 6.45) is 11.2. The molecule has 0 aromatic heterocycles. The molecule has 0 N–H and O–H groups in total. The van der Waals surface area contributed by atoms with Gasteiger partial charge >= 0.3 is 0 Å². The van der Waals surface area contributed by atoms with Crippen LogP contribution >= 0.6 is 0 Å². The first kappa shape index (κ1) is 10.4. The lowest BCUT2D eigenvalue weighted by molar-refractivity contribution is 1.28. The van der Waals surface area contributed by atoms with Gasteiger partial charge in [0.25, 0.3) is 0 Å². The maximum absolute atomic E-state index is 2.30. The van der Waals surface area contributed by atoms with Crippen molar-refractivity contribution in [3.8, 4) is 0 Å². The lowest BCUT2D eigenvalue weighted by Gasteiger charge is -2.22. The Balaban J connectivity index is 2.15. The molecule has 0 saturated carbocycles. The monoisotopic (exact) mass is 254 g/mol. The Morgan fingerprint density at radius 1 is 0.600 bits per heavy atom. The Kier molecular flexibility index (Phi) is 1.88. The zero-order chi connectivity index (χ0) is 13.1. The first-order valence-corrected chi connectivity index (χ1v) is 7.26. The highest BCUT2D eigenvalue weighted by Gasteiger charge is 2.19. The van der Waals surface area contributed by atoms with E-state index in [1.165, 1.54) is 43.8 Å². The van der Waals surface area contributed by atoms with E-state index < -0.39 is 0 Å². The summed E-state index contributed by atoms with van der Waals surface area (Å²) in [6.45, 7) is 0. The van der Waals surface area contributed by atoms with Crippen molar-refractivity contribution in [2.75, 3.05) is 0 Å². The van der Waals surface area contributed by atoms with Gasteiger partial charge in [0.2, 0.25) is 0 Å². The number of benzene rings is 3. The fraction of sp³-hybridized carbons (Fsp3) is 0.100. The Bertz CT molecular complexity index is 860. The van der Waals surface area contributed by atoms with E-state index in [2.05, 4.69) is 60.7 Å². The molecule has 94 valence electrons. The van der Waals surface area contributed by atoms with Crippen LogP contribution in [-0.4, -0.2) is 0 Å². The van der Waals surface area contributed by atoms with Gasteiger partial charge in [0.15, 0.2) is 0 Å². The molecular weight excluding hydrogens is 240 g/mol. The highest BCUT2D eigenvalue weighted by molar-refractivity contribution is 6.12. The second-order valence-electron chi connectivity index (χ2n) is 5.71. The van der Waals surface area contributed by atoms with Gasteiger partial charge in [-0.3, -0.25) is 0 Å². The van der Waals surface area contributed by atoms with E-state index in [0.29, 0.717) is 0 Å². The van der Waals surface area contributed by atoms with E-state index in [4.69, 9.17) is 0 Å². The molecule has 0 fully saturated rings. The number of hydrogen-bond acceptors (Lipinski definition) is 0. The molecule has 3 aromatic carbocycles. The quantitative estimate of drug-likeness (QED) is 0.488. The van der Waals surface area contributed by atoms with Gasteiger partial charge < -0.3 is 0 Å². The van der Waals surface area contributed by atoms with Gasteiger partial charge in [0.1, 0.15) is 0 Å². The summed E-state index contributed by atoms with van der Waals surface area (Å²) < 4.78 is 0. The van der Waals surface area contributed by atoms with Gasteiger partial charge in [-0.2, -0.15) is 0 Å². The van der Waals surface area contributed by atoms with Crippen molar-refractivity contribution in [2.45, 2.75) is 12.8 Å². The van der Waals surface area contributed by atoms with Gasteiger partial charge in [0.05, 0.1) is 0 Å². The van der Waals surface area contributed by atoms with E-state index in [9.17, 15) is 0 Å². The smallest absolute Gasteiger partial charge is 0.00670 e. The lowest BCUT2D eigenvalue weighted by Crippen LogP contribution is -2.01. The van der Waals surface area contributed by atoms with E-state index in [1.807, 2.05) is 0 Å². The minimum absolute atomic E-state index is 1.05. The van der Waals surface area contributed by atoms with Gasteiger partial charge in [-0.25, -0.2) is 0 Å². The largest absolute Gasteiger partial charge is 0.0795 e. The Morgan fingerprint density at radius 3 is 1.60 bits per heavy atom. The first-order valence-electron chi connectivity index (χ1n) is 7.26. The summed E-state index contributed by atoms with van der Waals surface area (Å²) in [4.78, 5) is 0. The van der Waals surface area contributed by atoms with E-state index in [-0.39, 0.29) is 0 Å². The van der Waals surface area contributed by atoms with Crippen LogP contribution in [0.15, 0.2) is 48.6 Å². The van der Waals surface area contributed by atoms with Crippen LogP contribution in [-0.2, 0) is 12.8 Å². The molecule has 0 radical (unpaired) electrons. The predicted molar refractivity (Wildman–Crippen MR) is 86.9 cm³/mol. The normalized spacial score (nSPS) is 15.2. The molecule has 0 atom stereocenters. The van der Waals surface area contributed by atoms with E-state index >= 15 is 0 Å². The molecule has 2 aliphatic carbocycles. The summed E-state index contributed by atoms with van der Waals surface area (Å²) in [7, 11) is 0. The average molecular weight is 254 g/mol. The van der Waals surface area contributed by atoms with Crippen LogP contribution in [0.2, 0.25) is 0 Å². The molecule has 2 aliphatic rings. The minimum atomic E-state index is 1.05. The van der Waals surface area contributed by atoms with Crippen molar-refractivity contribution >= 4 is 33.7 Å². The van der Waals surface area contributed by atoms with Gasteiger partial charge in [0, 0.05) is 0 Å². The van der Waals surface area contributed by atoms with Crippen molar-refractivity contribution in [1.82, 2.24) is 0 Å². The number of hydrogen-bond donors (Lipinski definition) is 0. The molecule has 0 saturated heterocycles. The fourth-order valence-corrected chi connectivity index (χ4v) is 3.90. The summed E-state index contributed by atoms with van der Waals surface area (Å²) in [6, 6.07) is 13.5. The van der Waals surface area contributed by atoms with Crippen molar-refractivity contribution < 1.29 is 0 Å². The Morgan fingerprint density at radius 2 is 1.10 bits per heavy atom. The van der Waals surface area contributed by atoms with Crippen LogP contribution in [0.25, 0.3) is 33.7 Å². The second-order valence-corrected chi connectivity index (χ2v) is 5.71. The topological polar surface area (TPSA) is 0 Å². The van der Waals surface area contributed by atoms with Crippen molar-refractivity contribution in [2.24, 2.45) is 0 Å². The Labute approximate surface area is 118 Å². The molecule has 0 aliphatic heterocycles. The molecule has 0 amide bonds. The third-order valence-electron chi connectivity index (χ3n) is 4.69. The summed E-state index contributed by atoms with van der Waals surface area (Å²) in [5.74, 6) is 0. The van der Waals surface area contributed by atoms with Gasteiger partial charge in [-0.05, 0) is 56.6 Å². The summed E-state index contributed by atoms with van der Waals surface area (Å²) >= 11 is 0. The number of fused-ring (bicyclic) bond motifs is 2. The van der Waals surface area contributed by atoms with Crippen molar-refractivity contribution in [3.05, 3.63) is 70.8 Å². The van der Waals surface area contributed by atoms with Crippen LogP contribution in [0.4, 0.5) is 0 Å². The summed E-state index contributed by atoms with van der Waals surface area (Å²) in [5.41, 5.74) is 5.77. The van der Waals surface area contributed by atoms with Crippen LogP contribution < -0.4 is 0 Å². The van der Waals surface area contributed by atoms with Crippen LogP contribution in [0, 0.1) is 0 Å². The molecule has 0 spiro atoms. The highest BCUT2D eigenvalue weighted by atomic mass is 14.2. The first-order chi connectivity index (χ1) is 9.93. The molecule has 0 bridgehead atoms. The van der Waals surface area contributed by atoms with Gasteiger partial charge in [-0.1, -0.05) is 60.7 Å². The maximum atomic E-state index is 2.30. The minimum Gasteiger partial charge on any atom is -0.0795 e. The van der Waals surface area contributed by atoms with Crippen molar-refractivity contribution in [1.29, 1.82) is 0 Å². The molecular formula is C20H14. The van der Waals surface area contributed by atoms with E-state index in [1.54, 1.807) is 0 Å². The maximum Gasteiger partial charge on any atom is -0.00670 e. The molecule has 0 heteroatoms. The number of rotatable bonds is 0. The second kappa shape index (κ2) is 3.61. The predicted octanol–water partition coefficient (Wildman–Crippen LogP) is 5.13. The van der Waals surface area contributed by atoms with Crippen LogP contribution in [0.5, 0.6) is 0 Å². The number of allylic oxidation sites excluding steroid dienone is 2. The Hall–Kier alpha value is -2.34. The lowest BCUT2D eigenvalue weighted by atomic mass is 9.82. The molecule has 5 rings (SSSR count). The van der Waals surface area contributed by atoms with E-state index in [0.717, 1.165) is 12.8 Å². The highest BCUT2D eigenvalue weighted by Crippen LogP contribution is 2.40. The molecule has 20 heavy (non-hydrogen) atoms. The molecule has 0 nitrogen and oxygen atoms in total. The van der Waals surface area contributed by atoms with Crippen LogP contribution in [0.1, 0.15) is 22.3 Å². The van der Waals surface area contributed by atoms with Crippen molar-refractivity contribution in [3.63, 3.8) is 0 Å². The van der Waals surface area contributed by atoms with Crippen LogP contribution in [0.3, 0.4) is 0 Å². The fourth-order valence-electron chi connectivity index (χ4n) is 3.90. The summed E-state index contributed by atoms with van der Waals surface area (Å²) in [5, 5.41) is 5.85. The zero-order valence-corrected chi connectivity index (χ0v) is 11.2. The third kappa shape index (κ3) is 1.17. The molecule has 0 heterocycles. The third-order valence-corrected chi connectivity index (χ3v) is 4.69. The SMILES string of the molecule is C1=Cc2cccc3c4c5c(cccc5c(c23)C1)C=CC4. The molecule has 3 aromatic rings. The standard InChI is InChI=1S/C20H14/c1-5-13-6-2-11-17-18-12-4-8-14-7-3-10-16(20(14)18)15(9-1)19(13)17/h1-9,12H,10-11H2. The molecule has 0 unspecified atom stereocenters. The zero-order valence-electron chi connectivity index (χ0n) is 11.2. The van der Waals surface area contributed by atoms with Gasteiger partial charge in [-0.15, -0.1) is 0 Å². The average Bonchev–Trinajstić information content (AvgIpc) is 2.52.